The van der Waals surface area contributed by atoms with Crippen LogP contribution < -0.4 is 0 Å². The number of rotatable bonds is 1. The summed E-state index contributed by atoms with van der Waals surface area (Å²) in [5.74, 6) is 0.663. The Morgan fingerprint density at radius 1 is 1.16 bits per heavy atom. The lowest BCUT2D eigenvalue weighted by molar-refractivity contribution is 0.102. The molecule has 0 N–H and O–H groups in total. The molecule has 1 fully saturated rings. The molecule has 0 unspecified atom stereocenters. The molecule has 0 aliphatic carbocycles. The quantitative estimate of drug-likeness (QED) is 0.772. The van der Waals surface area contributed by atoms with Gasteiger partial charge in [-0.25, -0.2) is 4.98 Å². The second-order valence-corrected chi connectivity index (χ2v) is 7.51. The number of thiazole rings is 1. The van der Waals surface area contributed by atoms with E-state index in [2.05, 4.69) is 49.9 Å². The van der Waals surface area contributed by atoms with Crippen molar-refractivity contribution in [2.45, 2.75) is 45.1 Å². The molecule has 3 rings (SSSR count). The topological polar surface area (TPSA) is 16.1 Å². The Balaban J connectivity index is 1.74. The van der Waals surface area contributed by atoms with E-state index in [9.17, 15) is 0 Å². The van der Waals surface area contributed by atoms with Crippen LogP contribution in [0.5, 0.6) is 0 Å². The number of para-hydroxylation sites is 1. The molecular formula is C16H22N2S. The Bertz CT molecular complexity index is 526. The van der Waals surface area contributed by atoms with Gasteiger partial charge in [0, 0.05) is 11.5 Å². The van der Waals surface area contributed by atoms with Crippen LogP contribution in [0.25, 0.3) is 10.2 Å². The molecule has 0 atom stereocenters. The van der Waals surface area contributed by atoms with Crippen molar-refractivity contribution in [2.75, 3.05) is 13.1 Å². The zero-order valence-electron chi connectivity index (χ0n) is 12.0. The van der Waals surface area contributed by atoms with Crippen molar-refractivity contribution in [3.63, 3.8) is 0 Å². The molecule has 0 radical (unpaired) electrons. The number of fused-ring (bicyclic) bond motifs is 1. The summed E-state index contributed by atoms with van der Waals surface area (Å²) in [5, 5.41) is 1.34. The average molecular weight is 274 g/mol. The normalized spacial score (nSPS) is 19.1. The molecule has 0 bridgehead atoms. The molecule has 2 aromatic rings. The van der Waals surface area contributed by atoms with Gasteiger partial charge < -0.3 is 0 Å². The van der Waals surface area contributed by atoms with Crippen LogP contribution in [-0.2, 0) is 0 Å². The highest BCUT2D eigenvalue weighted by Gasteiger charge is 2.28. The first-order chi connectivity index (χ1) is 9.04. The van der Waals surface area contributed by atoms with Crippen molar-refractivity contribution in [3.8, 4) is 0 Å². The summed E-state index contributed by atoms with van der Waals surface area (Å²) in [7, 11) is 0. The molecule has 1 saturated heterocycles. The Morgan fingerprint density at radius 3 is 2.47 bits per heavy atom. The molecule has 1 aliphatic rings. The van der Waals surface area contributed by atoms with E-state index in [4.69, 9.17) is 4.98 Å². The minimum Gasteiger partial charge on any atom is -0.298 e. The van der Waals surface area contributed by atoms with Gasteiger partial charge in [-0.05, 0) is 58.8 Å². The Hall–Kier alpha value is -0.930. The summed E-state index contributed by atoms with van der Waals surface area (Å²) in [6.07, 6.45) is 2.49. The maximum atomic E-state index is 4.82. The number of hydrogen-bond acceptors (Lipinski definition) is 3. The molecule has 1 aromatic heterocycles. The fourth-order valence-corrected chi connectivity index (χ4v) is 4.00. The minimum absolute atomic E-state index is 0.304. The zero-order chi connectivity index (χ0) is 13.5. The third kappa shape index (κ3) is 2.67. The van der Waals surface area contributed by atoms with Crippen LogP contribution in [0.1, 0.15) is 44.5 Å². The molecule has 3 heteroatoms. The van der Waals surface area contributed by atoms with Crippen LogP contribution in [0.4, 0.5) is 0 Å². The molecule has 0 spiro atoms. The third-order valence-electron chi connectivity index (χ3n) is 4.10. The summed E-state index contributed by atoms with van der Waals surface area (Å²) in [6.45, 7) is 9.33. The van der Waals surface area contributed by atoms with Crippen molar-refractivity contribution in [2.24, 2.45) is 0 Å². The van der Waals surface area contributed by atoms with Gasteiger partial charge >= 0.3 is 0 Å². The molecule has 2 heterocycles. The van der Waals surface area contributed by atoms with Gasteiger partial charge in [0.1, 0.15) is 0 Å². The van der Waals surface area contributed by atoms with Crippen molar-refractivity contribution in [3.05, 3.63) is 29.3 Å². The molecule has 1 aliphatic heterocycles. The van der Waals surface area contributed by atoms with Gasteiger partial charge in [-0.1, -0.05) is 12.1 Å². The number of aromatic nitrogens is 1. The van der Waals surface area contributed by atoms with E-state index in [1.165, 1.54) is 41.2 Å². The van der Waals surface area contributed by atoms with Crippen molar-refractivity contribution >= 4 is 21.6 Å². The van der Waals surface area contributed by atoms with Gasteiger partial charge in [-0.2, -0.15) is 0 Å². The van der Waals surface area contributed by atoms with Crippen LogP contribution in [0.3, 0.4) is 0 Å². The fourth-order valence-electron chi connectivity index (χ4n) is 2.86. The van der Waals surface area contributed by atoms with Crippen molar-refractivity contribution in [1.29, 1.82) is 0 Å². The molecule has 19 heavy (non-hydrogen) atoms. The van der Waals surface area contributed by atoms with E-state index in [1.807, 2.05) is 11.3 Å². The smallest absolute Gasteiger partial charge is 0.0970 e. The van der Waals surface area contributed by atoms with E-state index in [0.29, 0.717) is 11.5 Å². The molecule has 0 amide bonds. The van der Waals surface area contributed by atoms with Crippen LogP contribution in [0, 0.1) is 0 Å². The number of likely N-dealkylation sites (tertiary alicyclic amines) is 1. The largest absolute Gasteiger partial charge is 0.298 e. The van der Waals surface area contributed by atoms with Crippen LogP contribution in [0.2, 0.25) is 0 Å². The predicted molar refractivity (Wildman–Crippen MR) is 82.9 cm³/mol. The molecule has 102 valence electrons. The third-order valence-corrected chi connectivity index (χ3v) is 5.30. The summed E-state index contributed by atoms with van der Waals surface area (Å²) in [4.78, 5) is 7.42. The second-order valence-electron chi connectivity index (χ2n) is 6.45. The van der Waals surface area contributed by atoms with Gasteiger partial charge in [0.15, 0.2) is 0 Å². The number of piperidine rings is 1. The maximum absolute atomic E-state index is 4.82. The molecule has 2 nitrogen and oxygen atoms in total. The fraction of sp³-hybridized carbons (Fsp3) is 0.562. The summed E-state index contributed by atoms with van der Waals surface area (Å²) < 4.78 is 1.33. The van der Waals surface area contributed by atoms with Crippen molar-refractivity contribution < 1.29 is 0 Å². The van der Waals surface area contributed by atoms with Gasteiger partial charge in [-0.3, -0.25) is 4.90 Å². The number of benzene rings is 1. The maximum Gasteiger partial charge on any atom is 0.0970 e. The molecule has 0 saturated carbocycles. The first-order valence-electron chi connectivity index (χ1n) is 7.14. The van der Waals surface area contributed by atoms with Crippen LogP contribution in [-0.4, -0.2) is 28.5 Å². The molecule has 1 aromatic carbocycles. The summed E-state index contributed by atoms with van der Waals surface area (Å²) in [6, 6.07) is 8.49. The van der Waals surface area contributed by atoms with Crippen LogP contribution in [0.15, 0.2) is 24.3 Å². The first-order valence-corrected chi connectivity index (χ1v) is 7.96. The monoisotopic (exact) mass is 274 g/mol. The summed E-state index contributed by atoms with van der Waals surface area (Å²) >= 11 is 1.88. The van der Waals surface area contributed by atoms with Gasteiger partial charge in [0.05, 0.1) is 15.2 Å². The lowest BCUT2D eigenvalue weighted by Crippen LogP contribution is -2.45. The van der Waals surface area contributed by atoms with Gasteiger partial charge in [0.25, 0.3) is 0 Å². The minimum atomic E-state index is 0.304. The highest BCUT2D eigenvalue weighted by Crippen LogP contribution is 2.35. The standard InChI is InChI=1S/C16H22N2S/c1-16(2,3)18-10-8-12(9-11-18)15-17-13-6-4-5-7-14(13)19-15/h4-7,12H,8-11H2,1-3H3. The Labute approximate surface area is 119 Å². The van der Waals surface area contributed by atoms with E-state index in [1.54, 1.807) is 0 Å². The predicted octanol–water partition coefficient (Wildman–Crippen LogP) is 4.27. The van der Waals surface area contributed by atoms with Crippen molar-refractivity contribution in [1.82, 2.24) is 9.88 Å². The highest BCUT2D eigenvalue weighted by atomic mass is 32.1. The SMILES string of the molecule is CC(C)(C)N1CCC(c2nc3ccccc3s2)CC1. The lowest BCUT2D eigenvalue weighted by atomic mass is 9.93. The lowest BCUT2D eigenvalue weighted by Gasteiger charge is -2.40. The Morgan fingerprint density at radius 2 is 1.84 bits per heavy atom. The van der Waals surface area contributed by atoms with Crippen LogP contribution >= 0.6 is 11.3 Å². The van der Waals surface area contributed by atoms with E-state index in [-0.39, 0.29) is 0 Å². The van der Waals surface area contributed by atoms with E-state index >= 15 is 0 Å². The average Bonchev–Trinajstić information content (AvgIpc) is 2.81. The summed E-state index contributed by atoms with van der Waals surface area (Å²) in [5.41, 5.74) is 1.47. The highest BCUT2D eigenvalue weighted by molar-refractivity contribution is 7.18. The first kappa shape index (κ1) is 13.1. The molecular weight excluding hydrogens is 252 g/mol. The number of hydrogen-bond donors (Lipinski definition) is 0. The van der Waals surface area contributed by atoms with Gasteiger partial charge in [0.2, 0.25) is 0 Å². The zero-order valence-corrected chi connectivity index (χ0v) is 12.8. The van der Waals surface area contributed by atoms with E-state index < -0.39 is 0 Å². The van der Waals surface area contributed by atoms with Gasteiger partial charge in [-0.15, -0.1) is 11.3 Å². The van der Waals surface area contributed by atoms with E-state index in [0.717, 1.165) is 0 Å². The Kier molecular flexibility index (Phi) is 3.35. The second kappa shape index (κ2) is 4.88. The number of nitrogens with zero attached hydrogens (tertiary/aromatic N) is 2.